The number of rotatable bonds is 5. The lowest BCUT2D eigenvalue weighted by molar-refractivity contribution is -0.158. The number of nitrogens with zero attached hydrogens (tertiary/aromatic N) is 1. The molecule has 1 aromatic carbocycles. The Labute approximate surface area is 135 Å². The zero-order valence-electron chi connectivity index (χ0n) is 13.7. The van der Waals surface area contributed by atoms with E-state index in [4.69, 9.17) is 4.74 Å². The molecule has 0 saturated carbocycles. The maximum atomic E-state index is 12.2. The zero-order valence-corrected chi connectivity index (χ0v) is 13.7. The first kappa shape index (κ1) is 17.0. The van der Waals surface area contributed by atoms with Gasteiger partial charge < -0.3 is 15.0 Å². The summed E-state index contributed by atoms with van der Waals surface area (Å²) >= 11 is 0. The van der Waals surface area contributed by atoms with E-state index in [0.29, 0.717) is 6.54 Å². The minimum Gasteiger partial charge on any atom is -0.452 e. The summed E-state index contributed by atoms with van der Waals surface area (Å²) in [7, 11) is 0. The van der Waals surface area contributed by atoms with Crippen LogP contribution in [0, 0.1) is 12.8 Å². The van der Waals surface area contributed by atoms with Gasteiger partial charge in [-0.1, -0.05) is 17.7 Å². The number of esters is 1. The number of amides is 2. The van der Waals surface area contributed by atoms with Gasteiger partial charge in [0.15, 0.2) is 6.10 Å². The summed E-state index contributed by atoms with van der Waals surface area (Å²) in [5.41, 5.74) is 1.87. The van der Waals surface area contributed by atoms with Gasteiger partial charge in [0.25, 0.3) is 5.91 Å². The first-order chi connectivity index (χ1) is 10.9. The third-order valence-corrected chi connectivity index (χ3v) is 3.82. The van der Waals surface area contributed by atoms with Crippen molar-refractivity contribution in [2.45, 2.75) is 33.3 Å². The van der Waals surface area contributed by atoms with Crippen molar-refractivity contribution in [3.63, 3.8) is 0 Å². The summed E-state index contributed by atoms with van der Waals surface area (Å²) < 4.78 is 5.17. The predicted molar refractivity (Wildman–Crippen MR) is 85.9 cm³/mol. The molecule has 2 amide bonds. The van der Waals surface area contributed by atoms with E-state index in [2.05, 4.69) is 5.32 Å². The maximum Gasteiger partial charge on any atom is 0.312 e. The fourth-order valence-electron chi connectivity index (χ4n) is 2.48. The highest BCUT2D eigenvalue weighted by Gasteiger charge is 2.37. The fraction of sp³-hybridized carbons (Fsp3) is 0.471. The van der Waals surface area contributed by atoms with Crippen LogP contribution in [0.3, 0.4) is 0 Å². The van der Waals surface area contributed by atoms with E-state index in [-0.39, 0.29) is 24.8 Å². The molecule has 23 heavy (non-hydrogen) atoms. The molecule has 2 rings (SSSR count). The molecule has 1 aliphatic rings. The van der Waals surface area contributed by atoms with E-state index in [0.717, 1.165) is 11.3 Å². The van der Waals surface area contributed by atoms with Crippen LogP contribution < -0.4 is 10.2 Å². The van der Waals surface area contributed by atoms with Gasteiger partial charge in [-0.15, -0.1) is 0 Å². The van der Waals surface area contributed by atoms with E-state index >= 15 is 0 Å². The first-order valence-corrected chi connectivity index (χ1v) is 7.77. The van der Waals surface area contributed by atoms with Crippen molar-refractivity contribution in [2.75, 3.05) is 18.0 Å². The summed E-state index contributed by atoms with van der Waals surface area (Å²) in [6, 6.07) is 7.56. The molecule has 1 heterocycles. The Morgan fingerprint density at radius 1 is 1.35 bits per heavy atom. The third kappa shape index (κ3) is 4.09. The first-order valence-electron chi connectivity index (χ1n) is 7.77. The highest BCUT2D eigenvalue weighted by Crippen LogP contribution is 2.26. The number of carbonyl (C=O) groups excluding carboxylic acids is 3. The van der Waals surface area contributed by atoms with Crippen LogP contribution in [0.1, 0.15) is 25.8 Å². The van der Waals surface area contributed by atoms with Gasteiger partial charge in [-0.25, -0.2) is 0 Å². The average Bonchev–Trinajstić information content (AvgIpc) is 2.90. The van der Waals surface area contributed by atoms with Gasteiger partial charge in [-0.3, -0.25) is 14.4 Å². The topological polar surface area (TPSA) is 75.7 Å². The summed E-state index contributed by atoms with van der Waals surface area (Å²) in [6.07, 6.45) is -0.750. The normalized spacial score (nSPS) is 18.7. The highest BCUT2D eigenvalue weighted by atomic mass is 16.5. The molecule has 0 aliphatic carbocycles. The molecule has 0 radical (unpaired) electrons. The molecule has 1 aromatic rings. The Morgan fingerprint density at radius 2 is 2.00 bits per heavy atom. The minimum atomic E-state index is -0.856. The Morgan fingerprint density at radius 3 is 2.61 bits per heavy atom. The van der Waals surface area contributed by atoms with Crippen LogP contribution in [-0.2, 0) is 19.1 Å². The Balaban J connectivity index is 1.97. The average molecular weight is 318 g/mol. The van der Waals surface area contributed by atoms with Crippen molar-refractivity contribution in [1.82, 2.24) is 5.32 Å². The molecular formula is C17H22N2O4. The van der Waals surface area contributed by atoms with Crippen molar-refractivity contribution in [3.05, 3.63) is 29.8 Å². The van der Waals surface area contributed by atoms with Gasteiger partial charge in [-0.05, 0) is 32.9 Å². The van der Waals surface area contributed by atoms with Crippen LogP contribution in [0.5, 0.6) is 0 Å². The molecule has 1 aliphatic heterocycles. The molecule has 0 bridgehead atoms. The lowest BCUT2D eigenvalue weighted by Gasteiger charge is -2.18. The van der Waals surface area contributed by atoms with Crippen molar-refractivity contribution in [1.29, 1.82) is 0 Å². The number of ether oxygens (including phenoxy) is 1. The third-order valence-electron chi connectivity index (χ3n) is 3.82. The van der Waals surface area contributed by atoms with Gasteiger partial charge in [-0.2, -0.15) is 0 Å². The van der Waals surface area contributed by atoms with Gasteiger partial charge in [0.05, 0.1) is 5.92 Å². The monoisotopic (exact) mass is 318 g/mol. The molecule has 1 fully saturated rings. The summed E-state index contributed by atoms with van der Waals surface area (Å²) in [5.74, 6) is -1.49. The second-order valence-corrected chi connectivity index (χ2v) is 5.71. The SMILES string of the molecule is CCNC(=O)[C@H](C)OC(=O)[C@H]1CC(=O)N(c2ccc(C)cc2)C1. The quantitative estimate of drug-likeness (QED) is 0.833. The molecular weight excluding hydrogens is 296 g/mol. The van der Waals surface area contributed by atoms with Gasteiger partial charge in [0.2, 0.25) is 5.91 Å². The lowest BCUT2D eigenvalue weighted by atomic mass is 10.1. The highest BCUT2D eigenvalue weighted by molar-refractivity contribution is 5.99. The largest absolute Gasteiger partial charge is 0.452 e. The standard InChI is InChI=1S/C17H22N2O4/c1-4-18-16(21)12(3)23-17(22)13-9-15(20)19(10-13)14-7-5-11(2)6-8-14/h5-8,12-13H,4,9-10H2,1-3H3,(H,18,21)/t12-,13-/m0/s1. The number of aryl methyl sites for hydroxylation is 1. The van der Waals surface area contributed by atoms with Crippen molar-refractivity contribution in [3.8, 4) is 0 Å². The Bertz CT molecular complexity index is 597. The van der Waals surface area contributed by atoms with Crippen molar-refractivity contribution in [2.24, 2.45) is 5.92 Å². The van der Waals surface area contributed by atoms with E-state index in [1.54, 1.807) is 11.8 Å². The number of hydrogen-bond acceptors (Lipinski definition) is 4. The van der Waals surface area contributed by atoms with Crippen LogP contribution in [-0.4, -0.2) is 37.0 Å². The summed E-state index contributed by atoms with van der Waals surface area (Å²) in [4.78, 5) is 37.5. The van der Waals surface area contributed by atoms with Crippen LogP contribution in [0.15, 0.2) is 24.3 Å². The number of nitrogens with one attached hydrogen (secondary N) is 1. The second kappa shape index (κ2) is 7.26. The molecule has 1 N–H and O–H groups in total. The number of likely N-dealkylation sites (N-methyl/N-ethyl adjacent to an activating group) is 1. The predicted octanol–water partition coefficient (Wildman–Crippen LogP) is 1.42. The van der Waals surface area contributed by atoms with Crippen LogP contribution >= 0.6 is 0 Å². The summed E-state index contributed by atoms with van der Waals surface area (Å²) in [5, 5.41) is 2.60. The number of benzene rings is 1. The fourth-order valence-corrected chi connectivity index (χ4v) is 2.48. The van der Waals surface area contributed by atoms with Crippen LogP contribution in [0.25, 0.3) is 0 Å². The van der Waals surface area contributed by atoms with Crippen molar-refractivity contribution < 1.29 is 19.1 Å². The zero-order chi connectivity index (χ0) is 17.0. The molecule has 2 atom stereocenters. The number of anilines is 1. The molecule has 6 heteroatoms. The lowest BCUT2D eigenvalue weighted by Crippen LogP contribution is -2.37. The maximum absolute atomic E-state index is 12.2. The van der Waals surface area contributed by atoms with E-state index < -0.39 is 18.0 Å². The van der Waals surface area contributed by atoms with E-state index in [1.807, 2.05) is 31.2 Å². The van der Waals surface area contributed by atoms with Gasteiger partial charge in [0, 0.05) is 25.2 Å². The molecule has 0 aromatic heterocycles. The van der Waals surface area contributed by atoms with Gasteiger partial charge >= 0.3 is 5.97 Å². The van der Waals surface area contributed by atoms with E-state index in [9.17, 15) is 14.4 Å². The van der Waals surface area contributed by atoms with E-state index in [1.165, 1.54) is 6.92 Å². The number of carbonyl (C=O) groups is 3. The number of hydrogen-bond donors (Lipinski definition) is 1. The molecule has 124 valence electrons. The second-order valence-electron chi connectivity index (χ2n) is 5.71. The van der Waals surface area contributed by atoms with Gasteiger partial charge in [0.1, 0.15) is 0 Å². The van der Waals surface area contributed by atoms with Crippen LogP contribution in [0.2, 0.25) is 0 Å². The molecule has 6 nitrogen and oxygen atoms in total. The smallest absolute Gasteiger partial charge is 0.312 e. The molecule has 1 saturated heterocycles. The minimum absolute atomic E-state index is 0.106. The molecule has 0 spiro atoms. The van der Waals surface area contributed by atoms with Crippen LogP contribution in [0.4, 0.5) is 5.69 Å². The molecule has 0 unspecified atom stereocenters. The Hall–Kier alpha value is -2.37. The van der Waals surface area contributed by atoms with Crippen molar-refractivity contribution >= 4 is 23.5 Å². The Kier molecular flexibility index (Phi) is 5.36. The summed E-state index contributed by atoms with van der Waals surface area (Å²) in [6.45, 7) is 6.05.